The number of carbonyl (C=O) groups is 2. The quantitative estimate of drug-likeness (QED) is 0.183. The van der Waals surface area contributed by atoms with Crippen molar-refractivity contribution in [2.24, 2.45) is 11.0 Å². The highest BCUT2D eigenvalue weighted by Crippen LogP contribution is 2.36. The van der Waals surface area contributed by atoms with Gasteiger partial charge in [-0.1, -0.05) is 42.0 Å². The number of ether oxygens (including phenoxy) is 2. The first-order valence-corrected chi connectivity index (χ1v) is 12.3. The largest absolute Gasteiger partial charge is 0.493 e. The molecule has 7 nitrogen and oxygen atoms in total. The molecule has 3 rings (SSSR count). The average Bonchev–Trinajstić information content (AvgIpc) is 2.84. The number of hydrazone groups is 1. The number of hydrogen-bond donors (Lipinski definition) is 2. The first-order valence-electron chi connectivity index (χ1n) is 10.7. The lowest BCUT2D eigenvalue weighted by Gasteiger charge is -2.14. The van der Waals surface area contributed by atoms with Gasteiger partial charge in [-0.2, -0.15) is 5.10 Å². The van der Waals surface area contributed by atoms with Crippen molar-refractivity contribution in [2.75, 3.05) is 12.4 Å². The van der Waals surface area contributed by atoms with Gasteiger partial charge in [0.1, 0.15) is 12.5 Å². The molecule has 1 unspecified atom stereocenters. The minimum atomic E-state index is -0.946. The minimum Gasteiger partial charge on any atom is -0.493 e. The zero-order chi connectivity index (χ0) is 25.4. The summed E-state index contributed by atoms with van der Waals surface area (Å²) in [5.74, 6) is -0.843. The van der Waals surface area contributed by atoms with Crippen LogP contribution in [0.2, 0.25) is 0 Å². The molecular weight excluding hydrogens is 578 g/mol. The second kappa shape index (κ2) is 12.5. The maximum atomic E-state index is 12.4. The van der Waals surface area contributed by atoms with E-state index in [-0.39, 0.29) is 0 Å². The van der Waals surface area contributed by atoms with Crippen molar-refractivity contribution in [2.45, 2.75) is 20.5 Å². The Morgan fingerprint density at radius 3 is 2.43 bits per heavy atom. The molecule has 0 saturated carbocycles. The van der Waals surface area contributed by atoms with E-state index in [9.17, 15) is 9.59 Å². The highest BCUT2D eigenvalue weighted by Gasteiger charge is 2.22. The third kappa shape index (κ3) is 7.40. The van der Waals surface area contributed by atoms with Gasteiger partial charge in [-0.15, -0.1) is 0 Å². The van der Waals surface area contributed by atoms with Gasteiger partial charge in [-0.05, 0) is 81.1 Å². The monoisotopic (exact) mass is 601 g/mol. The van der Waals surface area contributed by atoms with E-state index in [1.54, 1.807) is 37.4 Å². The van der Waals surface area contributed by atoms with Crippen molar-refractivity contribution < 1.29 is 19.1 Å². The number of anilines is 1. The van der Waals surface area contributed by atoms with Gasteiger partial charge in [-0.25, -0.2) is 5.43 Å². The zero-order valence-electron chi connectivity index (χ0n) is 19.5. The van der Waals surface area contributed by atoms with Crippen LogP contribution < -0.4 is 20.2 Å². The first-order chi connectivity index (χ1) is 16.8. The Labute approximate surface area is 221 Å². The molecule has 0 aliphatic carbocycles. The fraction of sp³-hybridized carbons (Fsp3) is 0.192. The van der Waals surface area contributed by atoms with Gasteiger partial charge in [-0.3, -0.25) is 9.59 Å². The molecule has 3 aromatic carbocycles. The number of nitrogens with one attached hydrogen (secondary N) is 2. The standard InChI is InChI=1S/C26H25Br2N3O4/c1-16-8-10-18(11-9-16)15-35-24-21(28)12-19(13-23(24)34-3)14-29-31-26(33)17(2)25(32)30-22-7-5-4-6-20(22)27/h4-14,17H,15H2,1-3H3,(H,30,32)(H,31,33). The molecule has 0 spiro atoms. The van der Waals surface area contributed by atoms with Gasteiger partial charge >= 0.3 is 0 Å². The van der Waals surface area contributed by atoms with Crippen LogP contribution in [0.5, 0.6) is 11.5 Å². The van der Waals surface area contributed by atoms with Crippen LogP contribution in [-0.4, -0.2) is 25.1 Å². The Hall–Kier alpha value is -3.17. The van der Waals surface area contributed by atoms with Crippen molar-refractivity contribution in [3.05, 3.63) is 86.3 Å². The summed E-state index contributed by atoms with van der Waals surface area (Å²) in [7, 11) is 1.55. The summed E-state index contributed by atoms with van der Waals surface area (Å²) in [6.07, 6.45) is 1.47. The number of methoxy groups -OCH3 is 1. The molecule has 1 atom stereocenters. The molecule has 3 aromatic rings. The number of carbonyl (C=O) groups excluding carboxylic acids is 2. The molecule has 35 heavy (non-hydrogen) atoms. The third-order valence-corrected chi connectivity index (χ3v) is 6.34. The number of nitrogens with zero attached hydrogens (tertiary/aromatic N) is 1. The van der Waals surface area contributed by atoms with Gasteiger partial charge in [0.25, 0.3) is 5.91 Å². The Balaban J connectivity index is 1.61. The van der Waals surface area contributed by atoms with Gasteiger partial charge in [0.2, 0.25) is 5.91 Å². The lowest BCUT2D eigenvalue weighted by atomic mass is 10.1. The maximum absolute atomic E-state index is 12.4. The minimum absolute atomic E-state index is 0.387. The smallest absolute Gasteiger partial charge is 0.252 e. The van der Waals surface area contributed by atoms with Crippen LogP contribution in [0.4, 0.5) is 5.69 Å². The van der Waals surface area contributed by atoms with Crippen molar-refractivity contribution in [3.8, 4) is 11.5 Å². The van der Waals surface area contributed by atoms with Crippen molar-refractivity contribution in [1.82, 2.24) is 5.43 Å². The van der Waals surface area contributed by atoms with E-state index in [0.717, 1.165) is 10.0 Å². The average molecular weight is 603 g/mol. The Morgan fingerprint density at radius 2 is 1.74 bits per heavy atom. The van der Waals surface area contributed by atoms with Crippen LogP contribution in [-0.2, 0) is 16.2 Å². The van der Waals surface area contributed by atoms with Crippen LogP contribution in [0.15, 0.2) is 74.7 Å². The van der Waals surface area contributed by atoms with Crippen molar-refractivity contribution in [1.29, 1.82) is 0 Å². The van der Waals surface area contributed by atoms with E-state index in [1.807, 2.05) is 37.3 Å². The lowest BCUT2D eigenvalue weighted by Crippen LogP contribution is -2.34. The Morgan fingerprint density at radius 1 is 1.03 bits per heavy atom. The molecule has 0 fully saturated rings. The third-order valence-electron chi connectivity index (χ3n) is 5.06. The summed E-state index contributed by atoms with van der Waals surface area (Å²) in [4.78, 5) is 24.8. The molecule has 182 valence electrons. The van der Waals surface area contributed by atoms with Gasteiger partial charge in [0.15, 0.2) is 11.5 Å². The molecule has 2 N–H and O–H groups in total. The number of para-hydroxylation sites is 1. The van der Waals surface area contributed by atoms with Crippen LogP contribution in [0.25, 0.3) is 0 Å². The molecule has 0 aromatic heterocycles. The number of rotatable bonds is 9. The Bertz CT molecular complexity index is 1230. The van der Waals surface area contributed by atoms with Gasteiger partial charge < -0.3 is 14.8 Å². The molecule has 9 heteroatoms. The molecule has 0 aliphatic heterocycles. The van der Waals surface area contributed by atoms with Crippen LogP contribution in [0.3, 0.4) is 0 Å². The molecule has 0 heterocycles. The van der Waals surface area contributed by atoms with E-state index in [1.165, 1.54) is 18.7 Å². The highest BCUT2D eigenvalue weighted by molar-refractivity contribution is 9.11. The highest BCUT2D eigenvalue weighted by atomic mass is 79.9. The van der Waals surface area contributed by atoms with Crippen molar-refractivity contribution in [3.63, 3.8) is 0 Å². The number of aryl methyl sites for hydroxylation is 1. The lowest BCUT2D eigenvalue weighted by molar-refractivity contribution is -0.131. The normalized spacial score (nSPS) is 11.7. The Kier molecular flexibility index (Phi) is 9.45. The zero-order valence-corrected chi connectivity index (χ0v) is 22.6. The van der Waals surface area contributed by atoms with Crippen molar-refractivity contribution >= 4 is 55.6 Å². The van der Waals surface area contributed by atoms with E-state index in [4.69, 9.17) is 9.47 Å². The summed E-state index contributed by atoms with van der Waals surface area (Å²) in [5, 5.41) is 6.71. The first kappa shape index (κ1) is 26.4. The predicted molar refractivity (Wildman–Crippen MR) is 144 cm³/mol. The van der Waals surface area contributed by atoms with E-state index < -0.39 is 17.7 Å². The fourth-order valence-electron chi connectivity index (χ4n) is 2.98. The number of hydrogen-bond acceptors (Lipinski definition) is 5. The summed E-state index contributed by atoms with van der Waals surface area (Å²) in [5.41, 5.74) is 5.88. The topological polar surface area (TPSA) is 89.0 Å². The summed E-state index contributed by atoms with van der Waals surface area (Å²) in [6, 6.07) is 18.8. The summed E-state index contributed by atoms with van der Waals surface area (Å²) >= 11 is 6.88. The number of benzene rings is 3. The maximum Gasteiger partial charge on any atom is 0.252 e. The molecule has 2 amide bonds. The van der Waals surface area contributed by atoms with Crippen LogP contribution in [0, 0.1) is 12.8 Å². The molecule has 0 bridgehead atoms. The van der Waals surface area contributed by atoms with E-state index >= 15 is 0 Å². The number of amides is 2. The molecule has 0 aliphatic rings. The van der Waals surface area contributed by atoms with Gasteiger partial charge in [0, 0.05) is 4.47 Å². The summed E-state index contributed by atoms with van der Waals surface area (Å²) in [6.45, 7) is 3.93. The second-order valence-corrected chi connectivity index (χ2v) is 9.44. The molecule has 0 radical (unpaired) electrons. The summed E-state index contributed by atoms with van der Waals surface area (Å²) < 4.78 is 12.8. The van der Waals surface area contributed by atoms with Crippen LogP contribution >= 0.6 is 31.9 Å². The SMILES string of the molecule is COc1cc(C=NNC(=O)C(C)C(=O)Nc2ccccc2Br)cc(Br)c1OCc1ccc(C)cc1. The van der Waals surface area contributed by atoms with Gasteiger partial charge in [0.05, 0.1) is 23.5 Å². The van der Waals surface area contributed by atoms with Crippen LogP contribution in [0.1, 0.15) is 23.6 Å². The molecular formula is C26H25Br2N3O4. The van der Waals surface area contributed by atoms with E-state index in [0.29, 0.717) is 33.8 Å². The number of halogens is 2. The molecule has 0 saturated heterocycles. The predicted octanol–water partition coefficient (Wildman–Crippen LogP) is 5.83. The second-order valence-electron chi connectivity index (χ2n) is 7.73. The fourth-order valence-corrected chi connectivity index (χ4v) is 3.94. The van der Waals surface area contributed by atoms with E-state index in [2.05, 4.69) is 47.7 Å².